The lowest BCUT2D eigenvalue weighted by Crippen LogP contribution is -1.98. The van der Waals surface area contributed by atoms with Crippen LogP contribution in [0.5, 0.6) is 0 Å². The highest BCUT2D eigenvalue weighted by Gasteiger charge is 2.14. The van der Waals surface area contributed by atoms with Crippen LogP contribution in [0, 0.1) is 17.5 Å². The second-order valence-corrected chi connectivity index (χ2v) is 8.58. The van der Waals surface area contributed by atoms with Crippen LogP contribution in [-0.2, 0) is 12.8 Å². The Morgan fingerprint density at radius 2 is 1.27 bits per heavy atom. The Bertz CT molecular complexity index is 1200. The zero-order chi connectivity index (χ0) is 23.4. The van der Waals surface area contributed by atoms with Crippen LogP contribution < -0.4 is 0 Å². The van der Waals surface area contributed by atoms with Gasteiger partial charge in [-0.2, -0.15) is 0 Å². The van der Waals surface area contributed by atoms with Gasteiger partial charge in [0.2, 0.25) is 0 Å². The van der Waals surface area contributed by atoms with E-state index in [0.717, 1.165) is 17.5 Å². The van der Waals surface area contributed by atoms with Crippen LogP contribution in [0.1, 0.15) is 42.9 Å². The van der Waals surface area contributed by atoms with Crippen molar-refractivity contribution in [2.24, 2.45) is 0 Å². The molecular weight excluding hydrogens is 417 g/mol. The molecule has 0 bridgehead atoms. The quantitative estimate of drug-likeness (QED) is 0.267. The van der Waals surface area contributed by atoms with Crippen molar-refractivity contribution >= 4 is 0 Å². The summed E-state index contributed by atoms with van der Waals surface area (Å²) in [4.78, 5) is 0. The van der Waals surface area contributed by atoms with Crippen LogP contribution in [0.15, 0.2) is 84.9 Å². The minimum Gasteiger partial charge on any atom is -0.207 e. The Balaban J connectivity index is 1.53. The van der Waals surface area contributed by atoms with E-state index in [1.807, 2.05) is 25.1 Å². The van der Waals surface area contributed by atoms with Crippen LogP contribution >= 0.6 is 0 Å². The van der Waals surface area contributed by atoms with Crippen LogP contribution in [-0.4, -0.2) is 0 Å². The van der Waals surface area contributed by atoms with Gasteiger partial charge in [0, 0.05) is 11.1 Å². The molecule has 0 saturated carbocycles. The number of hydrogen-bond acceptors (Lipinski definition) is 0. The van der Waals surface area contributed by atoms with E-state index in [1.165, 1.54) is 29.3 Å². The summed E-state index contributed by atoms with van der Waals surface area (Å²) in [6.45, 7) is 4.07. The fourth-order valence-corrected chi connectivity index (χ4v) is 4.26. The zero-order valence-corrected chi connectivity index (χ0v) is 18.9. The van der Waals surface area contributed by atoms with Crippen LogP contribution in [0.4, 0.5) is 13.2 Å². The average molecular weight is 445 g/mol. The van der Waals surface area contributed by atoms with E-state index in [9.17, 15) is 13.2 Å². The van der Waals surface area contributed by atoms with Crippen molar-refractivity contribution in [1.82, 2.24) is 0 Å². The first kappa shape index (κ1) is 22.8. The Labute approximate surface area is 193 Å². The molecule has 1 unspecified atom stereocenters. The van der Waals surface area contributed by atoms with E-state index < -0.39 is 17.5 Å². The van der Waals surface area contributed by atoms with E-state index in [1.54, 1.807) is 12.1 Å². The first-order chi connectivity index (χ1) is 16.0. The molecule has 4 aromatic carbocycles. The largest absolute Gasteiger partial charge is 0.207 e. The summed E-state index contributed by atoms with van der Waals surface area (Å²) in [6, 6.07) is 25.7. The molecule has 33 heavy (non-hydrogen) atoms. The highest BCUT2D eigenvalue weighted by molar-refractivity contribution is 5.71. The molecule has 3 heteroatoms. The number of halogens is 3. The smallest absolute Gasteiger partial charge is 0.131 e. The lowest BCUT2D eigenvalue weighted by molar-refractivity contribution is 0.553. The Hall–Kier alpha value is -3.33. The molecule has 0 heterocycles. The molecule has 0 amide bonds. The van der Waals surface area contributed by atoms with Crippen molar-refractivity contribution in [3.05, 3.63) is 119 Å². The first-order valence-corrected chi connectivity index (χ1v) is 11.4. The molecule has 0 aliphatic heterocycles. The third kappa shape index (κ3) is 5.19. The van der Waals surface area contributed by atoms with Gasteiger partial charge in [-0.25, -0.2) is 13.2 Å². The molecule has 0 aliphatic carbocycles. The summed E-state index contributed by atoms with van der Waals surface area (Å²) in [5.41, 5.74) is 4.59. The Morgan fingerprint density at radius 3 is 1.88 bits per heavy atom. The van der Waals surface area contributed by atoms with Crippen LogP contribution in [0.2, 0.25) is 0 Å². The molecule has 0 nitrogen and oxygen atoms in total. The average Bonchev–Trinajstić information content (AvgIpc) is 2.82. The highest BCUT2D eigenvalue weighted by Crippen LogP contribution is 2.31. The second-order valence-electron chi connectivity index (χ2n) is 8.58. The fraction of sp³-hybridized carbons (Fsp3) is 0.200. The normalized spacial score (nSPS) is 12.0. The minimum absolute atomic E-state index is 0.0555. The van der Waals surface area contributed by atoms with Crippen molar-refractivity contribution in [3.8, 4) is 22.3 Å². The standard InChI is InChI=1S/C30H27F3/c1-3-7-27-29(32)18-25(19-30(27)33)26-15-14-24(17-28(26)31)23-12-10-21(11-13-23)16-20(2)22-8-5-4-6-9-22/h4-6,8-15,17-20H,3,7,16H2,1-2H3. The van der Waals surface area contributed by atoms with E-state index >= 15 is 0 Å². The third-order valence-electron chi connectivity index (χ3n) is 6.12. The van der Waals surface area contributed by atoms with Gasteiger partial charge in [-0.15, -0.1) is 0 Å². The van der Waals surface area contributed by atoms with Crippen LogP contribution in [0.3, 0.4) is 0 Å². The maximum Gasteiger partial charge on any atom is 0.131 e. The summed E-state index contributed by atoms with van der Waals surface area (Å²) in [5, 5.41) is 0. The zero-order valence-electron chi connectivity index (χ0n) is 18.9. The lowest BCUT2D eigenvalue weighted by atomic mass is 9.92. The number of rotatable bonds is 7. The monoisotopic (exact) mass is 444 g/mol. The molecule has 168 valence electrons. The maximum atomic E-state index is 14.9. The third-order valence-corrected chi connectivity index (χ3v) is 6.12. The Morgan fingerprint density at radius 1 is 0.667 bits per heavy atom. The van der Waals surface area contributed by atoms with E-state index in [-0.39, 0.29) is 16.7 Å². The van der Waals surface area contributed by atoms with Gasteiger partial charge in [0.1, 0.15) is 17.5 Å². The molecule has 4 rings (SSSR count). The van der Waals surface area contributed by atoms with Gasteiger partial charge in [-0.05, 0) is 64.8 Å². The second kappa shape index (κ2) is 10.1. The first-order valence-electron chi connectivity index (χ1n) is 11.4. The predicted octanol–water partition coefficient (Wildman–Crippen LogP) is 8.74. The van der Waals surface area contributed by atoms with Gasteiger partial charge >= 0.3 is 0 Å². The fourth-order valence-electron chi connectivity index (χ4n) is 4.26. The van der Waals surface area contributed by atoms with Crippen molar-refractivity contribution in [1.29, 1.82) is 0 Å². The van der Waals surface area contributed by atoms with Crippen molar-refractivity contribution in [3.63, 3.8) is 0 Å². The predicted molar refractivity (Wildman–Crippen MR) is 130 cm³/mol. The molecule has 0 aromatic heterocycles. The van der Waals surface area contributed by atoms with Gasteiger partial charge in [-0.1, -0.05) is 87.0 Å². The SMILES string of the molecule is CCCc1c(F)cc(-c2ccc(-c3ccc(CC(C)c4ccccc4)cc3)cc2F)cc1F. The molecule has 0 spiro atoms. The summed E-state index contributed by atoms with van der Waals surface area (Å²) in [5.74, 6) is -1.36. The van der Waals surface area contributed by atoms with Gasteiger partial charge < -0.3 is 0 Å². The molecule has 0 fully saturated rings. The highest BCUT2D eigenvalue weighted by atomic mass is 19.1. The van der Waals surface area contributed by atoms with Crippen LogP contribution in [0.25, 0.3) is 22.3 Å². The van der Waals surface area contributed by atoms with Crippen molar-refractivity contribution < 1.29 is 13.2 Å². The topological polar surface area (TPSA) is 0 Å². The van der Waals surface area contributed by atoms with Gasteiger partial charge in [0.15, 0.2) is 0 Å². The molecule has 0 radical (unpaired) electrons. The van der Waals surface area contributed by atoms with Gasteiger partial charge in [0.05, 0.1) is 0 Å². The molecular formula is C30H27F3. The maximum absolute atomic E-state index is 14.9. The summed E-state index contributed by atoms with van der Waals surface area (Å²) < 4.78 is 43.6. The molecule has 0 N–H and O–H groups in total. The van der Waals surface area contributed by atoms with E-state index in [4.69, 9.17) is 0 Å². The lowest BCUT2D eigenvalue weighted by Gasteiger charge is -2.13. The molecule has 4 aromatic rings. The van der Waals surface area contributed by atoms with Crippen molar-refractivity contribution in [2.75, 3.05) is 0 Å². The van der Waals surface area contributed by atoms with E-state index in [2.05, 4.69) is 43.3 Å². The molecule has 1 atom stereocenters. The summed E-state index contributed by atoms with van der Waals surface area (Å²) in [7, 11) is 0. The molecule has 0 aliphatic rings. The number of benzene rings is 4. The molecule has 0 saturated heterocycles. The summed E-state index contributed by atoms with van der Waals surface area (Å²) in [6.07, 6.45) is 1.88. The Kier molecular flexibility index (Phi) is 6.98. The van der Waals surface area contributed by atoms with Crippen molar-refractivity contribution in [2.45, 2.75) is 39.0 Å². The van der Waals surface area contributed by atoms with E-state index in [0.29, 0.717) is 18.8 Å². The number of hydrogen-bond donors (Lipinski definition) is 0. The van der Waals surface area contributed by atoms with Gasteiger partial charge in [-0.3, -0.25) is 0 Å². The summed E-state index contributed by atoms with van der Waals surface area (Å²) >= 11 is 0. The minimum atomic E-state index is -0.629. The van der Waals surface area contributed by atoms with Gasteiger partial charge in [0.25, 0.3) is 0 Å².